The predicted octanol–water partition coefficient (Wildman–Crippen LogP) is 2.97. The smallest absolute Gasteiger partial charge is 0.0562 e. The van der Waals surface area contributed by atoms with E-state index in [0.29, 0.717) is 0 Å². The summed E-state index contributed by atoms with van der Waals surface area (Å²) in [4.78, 5) is 3.30. The molecule has 0 heterocycles. The Morgan fingerprint density at radius 3 is 2.73 bits per heavy atom. The summed E-state index contributed by atoms with van der Waals surface area (Å²) in [5.74, 6) is 1.09. The average molecular weight is 245 g/mol. The van der Waals surface area contributed by atoms with Gasteiger partial charge >= 0.3 is 0 Å². The fraction of sp³-hybridized carbons (Fsp3) is 0.455. The number of anilines is 1. The molecule has 0 aliphatic rings. The van der Waals surface area contributed by atoms with Crippen LogP contribution in [-0.2, 0) is 0 Å². The Morgan fingerprint density at radius 2 is 2.13 bits per heavy atom. The minimum absolute atomic E-state index is 0.720. The van der Waals surface area contributed by atoms with Crippen molar-refractivity contribution >= 4 is 29.1 Å². The lowest BCUT2D eigenvalue weighted by atomic mass is 10.3. The molecule has 0 radical (unpaired) electrons. The van der Waals surface area contributed by atoms with Gasteiger partial charge in [-0.25, -0.2) is 0 Å². The molecule has 1 aromatic rings. The van der Waals surface area contributed by atoms with Crippen molar-refractivity contribution in [1.82, 2.24) is 4.90 Å². The first-order valence-corrected chi connectivity index (χ1v) is 6.28. The second kappa shape index (κ2) is 6.26. The Morgan fingerprint density at radius 1 is 1.40 bits per heavy atom. The van der Waals surface area contributed by atoms with Crippen molar-refractivity contribution in [2.75, 3.05) is 32.1 Å². The molecule has 0 fully saturated rings. The van der Waals surface area contributed by atoms with Gasteiger partial charge in [0.15, 0.2) is 0 Å². The van der Waals surface area contributed by atoms with Crippen LogP contribution in [0.3, 0.4) is 0 Å². The topological polar surface area (TPSA) is 29.3 Å². The summed E-state index contributed by atoms with van der Waals surface area (Å²) < 4.78 is 0. The third-order valence-corrected chi connectivity index (χ3v) is 3.55. The molecular weight excluding hydrogens is 228 g/mol. The Bertz CT molecular complexity index is 315. The van der Waals surface area contributed by atoms with Gasteiger partial charge in [-0.3, -0.25) is 0 Å². The number of nitrogens with two attached hydrogens (primary N) is 1. The van der Waals surface area contributed by atoms with E-state index in [0.717, 1.165) is 27.9 Å². The van der Waals surface area contributed by atoms with Crippen LogP contribution in [0.15, 0.2) is 23.1 Å². The van der Waals surface area contributed by atoms with E-state index in [1.165, 1.54) is 6.42 Å². The number of thioether (sulfide) groups is 1. The number of nitrogen functional groups attached to an aromatic ring is 1. The quantitative estimate of drug-likeness (QED) is 0.491. The summed E-state index contributed by atoms with van der Waals surface area (Å²) in [5.41, 5.74) is 6.34. The monoisotopic (exact) mass is 244 g/mol. The van der Waals surface area contributed by atoms with Crippen LogP contribution < -0.4 is 5.73 Å². The maximum absolute atomic E-state index is 6.06. The van der Waals surface area contributed by atoms with E-state index in [1.807, 2.05) is 12.1 Å². The van der Waals surface area contributed by atoms with Gasteiger partial charge in [0.2, 0.25) is 0 Å². The molecule has 4 heteroatoms. The van der Waals surface area contributed by atoms with Crippen LogP contribution in [-0.4, -0.2) is 31.3 Å². The highest BCUT2D eigenvalue weighted by Crippen LogP contribution is 2.29. The number of hydrogen-bond donors (Lipinski definition) is 1. The average Bonchev–Trinajstić information content (AvgIpc) is 2.14. The Balaban J connectivity index is 2.37. The van der Waals surface area contributed by atoms with Crippen molar-refractivity contribution in [1.29, 1.82) is 0 Å². The first-order chi connectivity index (χ1) is 7.09. The second-order valence-corrected chi connectivity index (χ2v) is 5.24. The highest BCUT2D eigenvalue weighted by atomic mass is 35.5. The molecule has 15 heavy (non-hydrogen) atoms. The van der Waals surface area contributed by atoms with E-state index in [-0.39, 0.29) is 0 Å². The molecule has 0 saturated carbocycles. The highest BCUT2D eigenvalue weighted by molar-refractivity contribution is 7.99. The molecule has 0 bridgehead atoms. The largest absolute Gasteiger partial charge is 0.399 e. The molecule has 0 aromatic heterocycles. The van der Waals surface area contributed by atoms with Crippen molar-refractivity contribution in [2.45, 2.75) is 11.3 Å². The van der Waals surface area contributed by atoms with Gasteiger partial charge < -0.3 is 10.6 Å². The summed E-state index contributed by atoms with van der Waals surface area (Å²) in [6.45, 7) is 1.11. The van der Waals surface area contributed by atoms with Gasteiger partial charge in [0, 0.05) is 10.6 Å². The molecule has 1 aromatic carbocycles. The number of halogens is 1. The molecule has 2 N–H and O–H groups in total. The molecule has 0 saturated heterocycles. The second-order valence-electron chi connectivity index (χ2n) is 3.70. The summed E-state index contributed by atoms with van der Waals surface area (Å²) in [5, 5.41) is 0.754. The van der Waals surface area contributed by atoms with Gasteiger partial charge in [-0.15, -0.1) is 11.8 Å². The van der Waals surface area contributed by atoms with Crippen LogP contribution in [0.4, 0.5) is 5.69 Å². The van der Waals surface area contributed by atoms with Gasteiger partial charge in [-0.05, 0) is 51.0 Å². The Hall–Kier alpha value is -0.380. The molecule has 0 spiro atoms. The van der Waals surface area contributed by atoms with E-state index < -0.39 is 0 Å². The lowest BCUT2D eigenvalue weighted by Gasteiger charge is -2.09. The zero-order valence-electron chi connectivity index (χ0n) is 9.16. The van der Waals surface area contributed by atoms with Gasteiger partial charge in [0.05, 0.1) is 5.02 Å². The SMILES string of the molecule is CN(C)CCCSc1ccc(N)cc1Cl. The fourth-order valence-electron chi connectivity index (χ4n) is 1.20. The van der Waals surface area contributed by atoms with Crippen LogP contribution in [0.1, 0.15) is 6.42 Å². The summed E-state index contributed by atoms with van der Waals surface area (Å²) >= 11 is 7.84. The number of rotatable bonds is 5. The fourth-order valence-corrected chi connectivity index (χ4v) is 2.40. The van der Waals surface area contributed by atoms with Crippen LogP contribution >= 0.6 is 23.4 Å². The zero-order valence-corrected chi connectivity index (χ0v) is 10.7. The lowest BCUT2D eigenvalue weighted by Crippen LogP contribution is -2.13. The first kappa shape index (κ1) is 12.7. The van der Waals surface area contributed by atoms with Gasteiger partial charge in [-0.2, -0.15) is 0 Å². The van der Waals surface area contributed by atoms with Crippen LogP contribution in [0.2, 0.25) is 5.02 Å². The third-order valence-electron chi connectivity index (χ3n) is 1.96. The molecule has 0 aliphatic carbocycles. The van der Waals surface area contributed by atoms with Crippen molar-refractivity contribution in [2.24, 2.45) is 0 Å². The van der Waals surface area contributed by atoms with Crippen LogP contribution in [0.25, 0.3) is 0 Å². The van der Waals surface area contributed by atoms with Gasteiger partial charge in [-0.1, -0.05) is 11.6 Å². The minimum Gasteiger partial charge on any atom is -0.399 e. The van der Waals surface area contributed by atoms with E-state index >= 15 is 0 Å². The summed E-state index contributed by atoms with van der Waals surface area (Å²) in [6.07, 6.45) is 1.17. The van der Waals surface area contributed by atoms with Crippen LogP contribution in [0.5, 0.6) is 0 Å². The molecule has 0 unspecified atom stereocenters. The molecule has 0 aliphatic heterocycles. The van der Waals surface area contributed by atoms with E-state index in [4.69, 9.17) is 17.3 Å². The Kier molecular flexibility index (Phi) is 5.29. The number of hydrogen-bond acceptors (Lipinski definition) is 3. The maximum Gasteiger partial charge on any atom is 0.0562 e. The first-order valence-electron chi connectivity index (χ1n) is 4.92. The van der Waals surface area contributed by atoms with Crippen molar-refractivity contribution < 1.29 is 0 Å². The molecular formula is C11H17ClN2S. The Labute approximate surface area is 101 Å². The third kappa shape index (κ3) is 4.78. The maximum atomic E-state index is 6.06. The lowest BCUT2D eigenvalue weighted by molar-refractivity contribution is 0.410. The van der Waals surface area contributed by atoms with Gasteiger partial charge in [0.1, 0.15) is 0 Å². The minimum atomic E-state index is 0.720. The predicted molar refractivity (Wildman–Crippen MR) is 69.8 cm³/mol. The van der Waals surface area contributed by atoms with E-state index in [1.54, 1.807) is 17.8 Å². The van der Waals surface area contributed by atoms with Crippen molar-refractivity contribution in [3.63, 3.8) is 0 Å². The number of benzene rings is 1. The molecule has 2 nitrogen and oxygen atoms in total. The van der Waals surface area contributed by atoms with E-state index in [2.05, 4.69) is 19.0 Å². The molecule has 1 rings (SSSR count). The van der Waals surface area contributed by atoms with E-state index in [9.17, 15) is 0 Å². The highest BCUT2D eigenvalue weighted by Gasteiger charge is 2.01. The molecule has 0 amide bonds. The van der Waals surface area contributed by atoms with Crippen molar-refractivity contribution in [3.8, 4) is 0 Å². The molecule has 84 valence electrons. The summed E-state index contributed by atoms with van der Waals surface area (Å²) in [7, 11) is 4.17. The zero-order chi connectivity index (χ0) is 11.3. The normalized spacial score (nSPS) is 10.9. The van der Waals surface area contributed by atoms with Crippen LogP contribution in [0, 0.1) is 0 Å². The summed E-state index contributed by atoms with van der Waals surface area (Å²) in [6, 6.07) is 5.67. The van der Waals surface area contributed by atoms with Crippen molar-refractivity contribution in [3.05, 3.63) is 23.2 Å². The standard InChI is InChI=1S/C11H17ClN2S/c1-14(2)6-3-7-15-11-5-4-9(13)8-10(11)12/h4-5,8H,3,6-7,13H2,1-2H3. The molecule has 0 atom stereocenters. The van der Waals surface area contributed by atoms with Gasteiger partial charge in [0.25, 0.3) is 0 Å². The number of nitrogens with zero attached hydrogens (tertiary/aromatic N) is 1.